The number of rotatable bonds is 3. The van der Waals surface area contributed by atoms with Gasteiger partial charge >= 0.3 is 5.97 Å². The van der Waals surface area contributed by atoms with Crippen LogP contribution in [0, 0.1) is 5.92 Å². The van der Waals surface area contributed by atoms with E-state index in [9.17, 15) is 14.7 Å². The van der Waals surface area contributed by atoms with Crippen LogP contribution in [0.3, 0.4) is 0 Å². The highest BCUT2D eigenvalue weighted by Gasteiger charge is 2.32. The maximum atomic E-state index is 12.1. The molecule has 2 heterocycles. The molecule has 3 aromatic rings. The molecule has 1 aliphatic heterocycles. The predicted molar refractivity (Wildman–Crippen MR) is 118 cm³/mol. The largest absolute Gasteiger partial charge is 0.481 e. The van der Waals surface area contributed by atoms with E-state index in [0.717, 1.165) is 16.6 Å². The second-order valence-corrected chi connectivity index (χ2v) is 8.89. The van der Waals surface area contributed by atoms with Crippen molar-refractivity contribution in [3.63, 3.8) is 0 Å². The summed E-state index contributed by atoms with van der Waals surface area (Å²) in [5.41, 5.74) is 6.48. The molecule has 154 valence electrons. The summed E-state index contributed by atoms with van der Waals surface area (Å²) in [5.74, 6) is -0.727. The van der Waals surface area contributed by atoms with Crippen LogP contribution in [-0.2, 0) is 17.8 Å². The van der Waals surface area contributed by atoms with Crippen molar-refractivity contribution in [3.05, 3.63) is 59.2 Å². The fraction of sp³-hybridized carbons (Fsp3) is 0.385. The Morgan fingerprint density at radius 1 is 1.03 bits per heavy atom. The third-order valence-corrected chi connectivity index (χ3v) is 7.01. The zero-order valence-electron chi connectivity index (χ0n) is 17.4. The molecular weight excluding hydrogens is 374 g/mol. The molecule has 1 N–H and O–H groups in total. The SMILES string of the molecule is CC(=O)c1ccc2c(C3CCCCC3)c3n(c2c1)CC(C(=O)O)Cc1ccccc1-3. The van der Waals surface area contributed by atoms with Crippen molar-refractivity contribution in [2.24, 2.45) is 5.92 Å². The lowest BCUT2D eigenvalue weighted by molar-refractivity contribution is -0.142. The number of aliphatic carboxylic acids is 1. The van der Waals surface area contributed by atoms with Crippen LogP contribution in [0.4, 0.5) is 0 Å². The van der Waals surface area contributed by atoms with Gasteiger partial charge in [-0.1, -0.05) is 55.7 Å². The number of carbonyl (C=O) groups is 2. The lowest BCUT2D eigenvalue weighted by Crippen LogP contribution is -2.21. The van der Waals surface area contributed by atoms with Crippen LogP contribution < -0.4 is 0 Å². The second-order valence-electron chi connectivity index (χ2n) is 8.89. The average molecular weight is 402 g/mol. The van der Waals surface area contributed by atoms with Gasteiger partial charge in [-0.3, -0.25) is 9.59 Å². The zero-order chi connectivity index (χ0) is 20.8. The monoisotopic (exact) mass is 401 g/mol. The van der Waals surface area contributed by atoms with Crippen molar-refractivity contribution in [2.45, 2.75) is 57.9 Å². The highest BCUT2D eigenvalue weighted by atomic mass is 16.4. The van der Waals surface area contributed by atoms with Gasteiger partial charge < -0.3 is 9.67 Å². The summed E-state index contributed by atoms with van der Waals surface area (Å²) in [5, 5.41) is 11.1. The maximum Gasteiger partial charge on any atom is 0.308 e. The van der Waals surface area contributed by atoms with Gasteiger partial charge in [-0.05, 0) is 49.3 Å². The van der Waals surface area contributed by atoms with Crippen molar-refractivity contribution in [1.29, 1.82) is 0 Å². The predicted octanol–water partition coefficient (Wildman–Crippen LogP) is 5.82. The van der Waals surface area contributed by atoms with Crippen LogP contribution in [0.25, 0.3) is 22.2 Å². The minimum absolute atomic E-state index is 0.0375. The van der Waals surface area contributed by atoms with Crippen molar-refractivity contribution >= 4 is 22.7 Å². The molecule has 4 nitrogen and oxygen atoms in total. The summed E-state index contributed by atoms with van der Waals surface area (Å²) in [6.07, 6.45) is 6.64. The Morgan fingerprint density at radius 2 is 1.80 bits per heavy atom. The quantitative estimate of drug-likeness (QED) is 0.563. The number of benzene rings is 2. The van der Waals surface area contributed by atoms with Crippen molar-refractivity contribution in [2.75, 3.05) is 0 Å². The molecule has 2 aromatic carbocycles. The summed E-state index contributed by atoms with van der Waals surface area (Å²) >= 11 is 0. The molecule has 4 heteroatoms. The standard InChI is InChI=1S/C26H27NO3/c1-16(28)18-11-12-22-23(14-18)27-15-20(26(29)30)13-19-9-5-6-10-21(19)25(27)24(22)17-7-3-2-4-8-17/h5-6,9-12,14,17,20H,2-4,7-8,13,15H2,1H3,(H,29,30). The normalized spacial score (nSPS) is 19.2. The number of hydrogen-bond acceptors (Lipinski definition) is 2. The van der Waals surface area contributed by atoms with Crippen LogP contribution in [-0.4, -0.2) is 21.4 Å². The Bertz CT molecular complexity index is 1150. The smallest absolute Gasteiger partial charge is 0.308 e. The van der Waals surface area contributed by atoms with Crippen LogP contribution in [0.5, 0.6) is 0 Å². The van der Waals surface area contributed by atoms with Gasteiger partial charge in [0.1, 0.15) is 0 Å². The molecule has 0 amide bonds. The molecule has 1 saturated carbocycles. The Labute approximate surface area is 176 Å². The first-order valence-corrected chi connectivity index (χ1v) is 11.0. The number of carbonyl (C=O) groups excluding carboxylic acids is 1. The number of fused-ring (bicyclic) bond motifs is 5. The van der Waals surface area contributed by atoms with E-state index in [2.05, 4.69) is 22.8 Å². The van der Waals surface area contributed by atoms with E-state index >= 15 is 0 Å². The first-order valence-electron chi connectivity index (χ1n) is 11.0. The van der Waals surface area contributed by atoms with E-state index in [1.165, 1.54) is 48.7 Å². The van der Waals surface area contributed by atoms with Gasteiger partial charge in [0.25, 0.3) is 0 Å². The van der Waals surface area contributed by atoms with Crippen LogP contribution in [0.2, 0.25) is 0 Å². The van der Waals surface area contributed by atoms with Crippen molar-refractivity contribution in [1.82, 2.24) is 4.57 Å². The van der Waals surface area contributed by atoms with Gasteiger partial charge in [-0.2, -0.15) is 0 Å². The van der Waals surface area contributed by atoms with Crippen molar-refractivity contribution < 1.29 is 14.7 Å². The molecule has 0 bridgehead atoms. The molecule has 1 aromatic heterocycles. The maximum absolute atomic E-state index is 12.1. The van der Waals surface area contributed by atoms with Gasteiger partial charge in [0.15, 0.2) is 5.78 Å². The van der Waals surface area contributed by atoms with E-state index in [0.29, 0.717) is 24.4 Å². The summed E-state index contributed by atoms with van der Waals surface area (Å²) in [7, 11) is 0. The Balaban J connectivity index is 1.85. The van der Waals surface area contributed by atoms with Crippen LogP contribution >= 0.6 is 0 Å². The number of carboxylic acids is 1. The number of ketones is 1. The molecule has 0 saturated heterocycles. The molecule has 1 atom stereocenters. The number of carboxylic acid groups (broad SMARTS) is 1. The fourth-order valence-corrected chi connectivity index (χ4v) is 5.52. The van der Waals surface area contributed by atoms with Gasteiger partial charge in [-0.25, -0.2) is 0 Å². The van der Waals surface area contributed by atoms with E-state index in [-0.39, 0.29) is 5.78 Å². The highest BCUT2D eigenvalue weighted by molar-refractivity contribution is 6.01. The molecule has 5 rings (SSSR count). The van der Waals surface area contributed by atoms with E-state index in [1.54, 1.807) is 6.92 Å². The molecule has 1 unspecified atom stereocenters. The average Bonchev–Trinajstić information content (AvgIpc) is 2.96. The summed E-state index contributed by atoms with van der Waals surface area (Å²) in [6.45, 7) is 2.02. The Morgan fingerprint density at radius 3 is 2.53 bits per heavy atom. The molecule has 1 fully saturated rings. The van der Waals surface area contributed by atoms with E-state index in [4.69, 9.17) is 0 Å². The van der Waals surface area contributed by atoms with Gasteiger partial charge in [0, 0.05) is 28.6 Å². The van der Waals surface area contributed by atoms with E-state index < -0.39 is 11.9 Å². The second kappa shape index (κ2) is 7.42. The molecule has 0 spiro atoms. The minimum atomic E-state index is -0.763. The lowest BCUT2D eigenvalue weighted by atomic mass is 9.81. The number of nitrogens with zero attached hydrogens (tertiary/aromatic N) is 1. The number of hydrogen-bond donors (Lipinski definition) is 1. The van der Waals surface area contributed by atoms with Gasteiger partial charge in [0.2, 0.25) is 0 Å². The van der Waals surface area contributed by atoms with Gasteiger partial charge in [-0.15, -0.1) is 0 Å². The molecule has 2 aliphatic rings. The molecule has 1 aliphatic carbocycles. The highest BCUT2D eigenvalue weighted by Crippen LogP contribution is 2.46. The topological polar surface area (TPSA) is 59.3 Å². The summed E-state index contributed by atoms with van der Waals surface area (Å²) in [4.78, 5) is 24.2. The van der Waals surface area contributed by atoms with Gasteiger partial charge in [0.05, 0.1) is 11.6 Å². The molecule has 30 heavy (non-hydrogen) atoms. The first kappa shape index (κ1) is 19.1. The summed E-state index contributed by atoms with van der Waals surface area (Å²) < 4.78 is 2.20. The number of aromatic nitrogens is 1. The first-order chi connectivity index (χ1) is 14.5. The van der Waals surface area contributed by atoms with Crippen LogP contribution in [0.1, 0.15) is 66.4 Å². The van der Waals surface area contributed by atoms with Crippen molar-refractivity contribution in [3.8, 4) is 11.3 Å². The third-order valence-electron chi connectivity index (χ3n) is 7.01. The zero-order valence-corrected chi connectivity index (χ0v) is 17.4. The minimum Gasteiger partial charge on any atom is -0.481 e. The lowest BCUT2D eigenvalue weighted by Gasteiger charge is -2.24. The fourth-order valence-electron chi connectivity index (χ4n) is 5.52. The number of Topliss-reactive ketones (excluding diaryl/α,β-unsaturated/α-hetero) is 1. The molecular formula is C26H27NO3. The van der Waals surface area contributed by atoms with E-state index in [1.807, 2.05) is 24.3 Å². The molecule has 0 radical (unpaired) electrons. The third kappa shape index (κ3) is 3.06. The van der Waals surface area contributed by atoms with Crippen LogP contribution in [0.15, 0.2) is 42.5 Å². The Kier molecular flexibility index (Phi) is 4.73. The summed E-state index contributed by atoms with van der Waals surface area (Å²) in [6, 6.07) is 14.3. The Hall–Kier alpha value is -2.88.